The third-order valence-electron chi connectivity index (χ3n) is 5.32. The van der Waals surface area contributed by atoms with Gasteiger partial charge < -0.3 is 24.6 Å². The van der Waals surface area contributed by atoms with E-state index in [4.69, 9.17) is 14.2 Å². The van der Waals surface area contributed by atoms with Crippen LogP contribution in [0.4, 0.5) is 4.79 Å². The van der Waals surface area contributed by atoms with Gasteiger partial charge in [-0.2, -0.15) is 0 Å². The number of imide groups is 1. The third kappa shape index (κ3) is 3.91. The minimum absolute atomic E-state index is 0.0596. The number of ketones is 1. The first kappa shape index (κ1) is 20.7. The predicted octanol–water partition coefficient (Wildman–Crippen LogP) is 1.82. The number of rotatable bonds is 7. The van der Waals surface area contributed by atoms with E-state index in [1.807, 2.05) is 0 Å². The Morgan fingerprint density at radius 3 is 2.61 bits per heavy atom. The Morgan fingerprint density at radius 2 is 1.90 bits per heavy atom. The minimum Gasteiger partial charge on any atom is -0.491 e. The molecule has 4 rings (SSSR count). The topological polar surface area (TPSA) is 114 Å². The number of Topliss-reactive ketones (excluding diaryl/α,β-unsaturated/α-hetero) is 1. The number of carbonyl (C=O) groups excluding carboxylic acids is 3. The van der Waals surface area contributed by atoms with Crippen LogP contribution >= 0.6 is 0 Å². The predicted molar refractivity (Wildman–Crippen MR) is 108 cm³/mol. The van der Waals surface area contributed by atoms with Crippen molar-refractivity contribution < 1.29 is 33.7 Å². The van der Waals surface area contributed by atoms with Crippen molar-refractivity contribution in [1.29, 1.82) is 0 Å². The summed E-state index contributed by atoms with van der Waals surface area (Å²) in [5, 5.41) is 13.0. The molecule has 2 aliphatic heterocycles. The monoisotopic (exact) mass is 426 g/mol. The van der Waals surface area contributed by atoms with Crippen molar-refractivity contribution in [3.8, 4) is 17.2 Å². The second kappa shape index (κ2) is 7.92. The molecule has 0 unspecified atom stereocenters. The number of carbonyl (C=O) groups is 3. The molecule has 0 radical (unpaired) electrons. The van der Waals surface area contributed by atoms with Gasteiger partial charge in [0.1, 0.15) is 24.0 Å². The molecule has 9 heteroatoms. The fourth-order valence-corrected chi connectivity index (χ4v) is 3.51. The first-order valence-corrected chi connectivity index (χ1v) is 9.74. The fraction of sp³-hybridized carbons (Fsp3) is 0.318. The van der Waals surface area contributed by atoms with Gasteiger partial charge in [0.25, 0.3) is 5.91 Å². The van der Waals surface area contributed by atoms with E-state index >= 15 is 0 Å². The summed E-state index contributed by atoms with van der Waals surface area (Å²) in [4.78, 5) is 37.8. The summed E-state index contributed by atoms with van der Waals surface area (Å²) in [5.41, 5.74) is -0.190. The quantitative estimate of drug-likeness (QED) is 0.513. The fourth-order valence-electron chi connectivity index (χ4n) is 3.51. The van der Waals surface area contributed by atoms with Gasteiger partial charge in [-0.05, 0) is 55.8 Å². The van der Waals surface area contributed by atoms with Gasteiger partial charge >= 0.3 is 6.03 Å². The van der Waals surface area contributed by atoms with Crippen LogP contribution in [0.15, 0.2) is 42.5 Å². The van der Waals surface area contributed by atoms with E-state index in [0.717, 1.165) is 4.90 Å². The molecule has 2 aromatic rings. The Balaban J connectivity index is 1.40. The molecule has 0 bridgehead atoms. The highest BCUT2D eigenvalue weighted by Crippen LogP contribution is 2.37. The lowest BCUT2D eigenvalue weighted by atomic mass is 9.91. The van der Waals surface area contributed by atoms with Gasteiger partial charge in [-0.25, -0.2) is 4.79 Å². The molecule has 0 spiro atoms. The Labute approximate surface area is 178 Å². The summed E-state index contributed by atoms with van der Waals surface area (Å²) in [6.45, 7) is 2.82. The van der Waals surface area contributed by atoms with Crippen LogP contribution in [0.5, 0.6) is 17.2 Å². The highest BCUT2D eigenvalue weighted by atomic mass is 16.7. The van der Waals surface area contributed by atoms with Crippen LogP contribution < -0.4 is 19.5 Å². The van der Waals surface area contributed by atoms with Crippen LogP contribution in [0.1, 0.15) is 29.8 Å². The van der Waals surface area contributed by atoms with Crippen molar-refractivity contribution in [2.24, 2.45) is 0 Å². The maximum atomic E-state index is 13.0. The molecule has 1 fully saturated rings. The molecule has 3 amide bonds. The average molecular weight is 426 g/mol. The van der Waals surface area contributed by atoms with E-state index in [0.29, 0.717) is 28.4 Å². The normalized spacial score (nSPS) is 20.5. The molecule has 162 valence electrons. The van der Waals surface area contributed by atoms with E-state index < -0.39 is 23.6 Å². The van der Waals surface area contributed by atoms with Crippen LogP contribution in [0.2, 0.25) is 0 Å². The molecule has 0 saturated carbocycles. The number of amides is 3. The molecular weight excluding hydrogens is 404 g/mol. The van der Waals surface area contributed by atoms with Crippen molar-refractivity contribution in [2.75, 3.05) is 19.9 Å². The summed E-state index contributed by atoms with van der Waals surface area (Å²) >= 11 is 0. The molecule has 2 atom stereocenters. The Bertz CT molecular complexity index is 1040. The molecule has 0 aromatic heterocycles. The summed E-state index contributed by atoms with van der Waals surface area (Å²) < 4.78 is 16.1. The molecule has 31 heavy (non-hydrogen) atoms. The van der Waals surface area contributed by atoms with Gasteiger partial charge in [0, 0.05) is 5.56 Å². The van der Waals surface area contributed by atoms with E-state index in [1.165, 1.54) is 6.92 Å². The second-order valence-corrected chi connectivity index (χ2v) is 7.58. The van der Waals surface area contributed by atoms with Crippen LogP contribution in [-0.2, 0) is 10.3 Å². The lowest BCUT2D eigenvalue weighted by Gasteiger charge is -2.23. The minimum atomic E-state index is -1.29. The van der Waals surface area contributed by atoms with Crippen molar-refractivity contribution in [3.63, 3.8) is 0 Å². The van der Waals surface area contributed by atoms with Crippen molar-refractivity contribution in [1.82, 2.24) is 10.2 Å². The zero-order valence-electron chi connectivity index (χ0n) is 17.1. The smallest absolute Gasteiger partial charge is 0.325 e. The highest BCUT2D eigenvalue weighted by Gasteiger charge is 2.49. The summed E-state index contributed by atoms with van der Waals surface area (Å²) in [6.07, 6.45) is -1.10. The standard InChI is InChI=1S/C22H22N2O7/c1-13(25)14-3-6-17(7-4-14)29-11-16(26)10-24-20(27)22(2,23-21(24)28)15-5-8-18-19(9-15)31-12-30-18/h3-9,16,26H,10-12H2,1-2H3,(H,23,28)/t16-,22+/m0/s1. The molecule has 2 aliphatic rings. The molecule has 9 nitrogen and oxygen atoms in total. The van der Waals surface area contributed by atoms with Gasteiger partial charge in [0.15, 0.2) is 17.3 Å². The number of aliphatic hydroxyl groups is 1. The van der Waals surface area contributed by atoms with Crippen LogP contribution in [0.3, 0.4) is 0 Å². The van der Waals surface area contributed by atoms with Gasteiger partial charge in [-0.3, -0.25) is 14.5 Å². The molecule has 0 aliphatic carbocycles. The van der Waals surface area contributed by atoms with E-state index in [9.17, 15) is 19.5 Å². The Morgan fingerprint density at radius 1 is 1.19 bits per heavy atom. The maximum absolute atomic E-state index is 13.0. The largest absolute Gasteiger partial charge is 0.491 e. The van der Waals surface area contributed by atoms with Crippen molar-refractivity contribution >= 4 is 17.7 Å². The van der Waals surface area contributed by atoms with E-state index in [2.05, 4.69) is 5.32 Å². The van der Waals surface area contributed by atoms with E-state index in [1.54, 1.807) is 49.4 Å². The molecule has 2 heterocycles. The third-order valence-corrected chi connectivity index (χ3v) is 5.32. The van der Waals surface area contributed by atoms with Crippen molar-refractivity contribution in [2.45, 2.75) is 25.5 Å². The number of urea groups is 1. The van der Waals surface area contributed by atoms with Crippen LogP contribution in [0.25, 0.3) is 0 Å². The SMILES string of the molecule is CC(=O)c1ccc(OC[C@@H](O)CN2C(=O)N[C@](C)(c3ccc4c(c3)OCO4)C2=O)cc1. The first-order valence-electron chi connectivity index (χ1n) is 9.74. The Hall–Kier alpha value is -3.59. The first-order chi connectivity index (χ1) is 14.8. The molecule has 1 saturated heterocycles. The van der Waals surface area contributed by atoms with Crippen LogP contribution in [0, 0.1) is 0 Å². The molecular formula is C22H22N2O7. The number of nitrogens with one attached hydrogen (secondary N) is 1. The number of benzene rings is 2. The molecule has 2 N–H and O–H groups in total. The highest BCUT2D eigenvalue weighted by molar-refractivity contribution is 6.07. The molecule has 2 aromatic carbocycles. The lowest BCUT2D eigenvalue weighted by Crippen LogP contribution is -2.42. The summed E-state index contributed by atoms with van der Waals surface area (Å²) in [6, 6.07) is 10.9. The average Bonchev–Trinajstić information content (AvgIpc) is 3.31. The number of aliphatic hydroxyl groups excluding tert-OH is 1. The van der Waals surface area contributed by atoms with Gasteiger partial charge in [0.05, 0.1) is 6.54 Å². The number of hydrogen-bond donors (Lipinski definition) is 2. The van der Waals surface area contributed by atoms with E-state index in [-0.39, 0.29) is 25.7 Å². The summed E-state index contributed by atoms with van der Waals surface area (Å²) in [7, 11) is 0. The number of nitrogens with zero attached hydrogens (tertiary/aromatic N) is 1. The van der Waals surface area contributed by atoms with Gasteiger partial charge in [-0.1, -0.05) is 6.07 Å². The van der Waals surface area contributed by atoms with Crippen LogP contribution in [-0.4, -0.2) is 53.8 Å². The maximum Gasteiger partial charge on any atom is 0.325 e. The lowest BCUT2D eigenvalue weighted by molar-refractivity contribution is -0.132. The number of fused-ring (bicyclic) bond motifs is 1. The Kier molecular flexibility index (Phi) is 5.28. The van der Waals surface area contributed by atoms with Gasteiger partial charge in [0.2, 0.25) is 6.79 Å². The second-order valence-electron chi connectivity index (χ2n) is 7.58. The number of hydrogen-bond acceptors (Lipinski definition) is 7. The van der Waals surface area contributed by atoms with Gasteiger partial charge in [-0.15, -0.1) is 0 Å². The zero-order chi connectivity index (χ0) is 22.2. The zero-order valence-corrected chi connectivity index (χ0v) is 17.1. The number of β-amino-alcohol motifs (C(OH)–C–C–N with tert-alkyl or cyclic N) is 1. The van der Waals surface area contributed by atoms with Crippen molar-refractivity contribution in [3.05, 3.63) is 53.6 Å². The number of ether oxygens (including phenoxy) is 3. The summed E-state index contributed by atoms with van der Waals surface area (Å²) in [5.74, 6) is 0.997.